The number of piperazine rings is 1. The van der Waals surface area contributed by atoms with E-state index in [1.165, 1.54) is 0 Å². The van der Waals surface area contributed by atoms with Gasteiger partial charge in [0.2, 0.25) is 0 Å². The van der Waals surface area contributed by atoms with E-state index in [1.54, 1.807) is 23.3 Å². The molecule has 0 spiro atoms. The van der Waals surface area contributed by atoms with Gasteiger partial charge < -0.3 is 14.2 Å². The van der Waals surface area contributed by atoms with Crippen LogP contribution in [0.3, 0.4) is 0 Å². The van der Waals surface area contributed by atoms with E-state index >= 15 is 0 Å². The van der Waals surface area contributed by atoms with Crippen molar-refractivity contribution in [2.24, 2.45) is 0 Å². The number of hydrogen-bond donors (Lipinski definition) is 0. The fraction of sp³-hybridized carbons (Fsp3) is 0.333. The molecule has 1 aliphatic rings. The van der Waals surface area contributed by atoms with Crippen LogP contribution < -0.4 is 4.90 Å². The van der Waals surface area contributed by atoms with E-state index in [4.69, 9.17) is 4.42 Å². The smallest absolute Gasteiger partial charge is 0.257 e. The Morgan fingerprint density at radius 1 is 1.12 bits per heavy atom. The molecule has 1 aliphatic heterocycles. The first-order chi connectivity index (χ1) is 12.6. The van der Waals surface area contributed by atoms with Crippen molar-refractivity contribution in [2.45, 2.75) is 13.8 Å². The van der Waals surface area contributed by atoms with Gasteiger partial charge in [0, 0.05) is 38.6 Å². The van der Waals surface area contributed by atoms with Gasteiger partial charge in [0.05, 0.1) is 18.0 Å². The number of anilines is 1. The standard InChI is InChI=1S/C18H20N6O2/c1-13-10-15(14(2)26-13)18(25)23-8-6-22(7-9-23)16-11-19-12-17(21-16)24-5-3-4-20-24/h3-5,10-12H,6-9H2,1-2H3. The minimum Gasteiger partial charge on any atom is -0.466 e. The molecule has 26 heavy (non-hydrogen) atoms. The summed E-state index contributed by atoms with van der Waals surface area (Å²) in [5.41, 5.74) is 0.649. The topological polar surface area (TPSA) is 80.3 Å². The molecule has 8 heteroatoms. The second-order valence-corrected chi connectivity index (χ2v) is 6.29. The Hall–Kier alpha value is -3.16. The molecular weight excluding hydrogens is 332 g/mol. The van der Waals surface area contributed by atoms with E-state index in [2.05, 4.69) is 20.0 Å². The minimum atomic E-state index is 0.0235. The lowest BCUT2D eigenvalue weighted by Crippen LogP contribution is -2.49. The first-order valence-electron chi connectivity index (χ1n) is 8.55. The molecule has 0 bridgehead atoms. The third-order valence-electron chi connectivity index (χ3n) is 4.51. The Morgan fingerprint density at radius 3 is 2.54 bits per heavy atom. The largest absolute Gasteiger partial charge is 0.466 e. The third kappa shape index (κ3) is 3.05. The van der Waals surface area contributed by atoms with Crippen molar-refractivity contribution >= 4 is 11.7 Å². The predicted octanol–water partition coefficient (Wildman–Crippen LogP) is 1.83. The molecule has 1 fully saturated rings. The van der Waals surface area contributed by atoms with E-state index in [1.807, 2.05) is 37.1 Å². The van der Waals surface area contributed by atoms with Gasteiger partial charge >= 0.3 is 0 Å². The summed E-state index contributed by atoms with van der Waals surface area (Å²) in [6.07, 6.45) is 6.96. The number of carbonyl (C=O) groups excluding carboxylic acids is 1. The summed E-state index contributed by atoms with van der Waals surface area (Å²) in [6.45, 7) is 6.36. The Balaban J connectivity index is 1.45. The molecule has 134 valence electrons. The van der Waals surface area contributed by atoms with Gasteiger partial charge in [0.1, 0.15) is 17.3 Å². The fourth-order valence-corrected chi connectivity index (χ4v) is 3.16. The van der Waals surface area contributed by atoms with Crippen LogP contribution in [0, 0.1) is 13.8 Å². The molecule has 4 heterocycles. The number of aromatic nitrogens is 4. The summed E-state index contributed by atoms with van der Waals surface area (Å²) in [5.74, 6) is 2.93. The Morgan fingerprint density at radius 2 is 1.88 bits per heavy atom. The maximum absolute atomic E-state index is 12.7. The molecule has 8 nitrogen and oxygen atoms in total. The van der Waals surface area contributed by atoms with Crippen LogP contribution in [0.5, 0.6) is 0 Å². The molecule has 3 aromatic rings. The Labute approximate surface area is 151 Å². The summed E-state index contributed by atoms with van der Waals surface area (Å²) < 4.78 is 7.16. The van der Waals surface area contributed by atoms with Gasteiger partial charge in [-0.1, -0.05) is 0 Å². The van der Waals surface area contributed by atoms with Crippen LogP contribution in [0.1, 0.15) is 21.9 Å². The quantitative estimate of drug-likeness (QED) is 0.715. The normalized spacial score (nSPS) is 14.7. The average molecular weight is 352 g/mol. The molecular formula is C18H20N6O2. The van der Waals surface area contributed by atoms with Gasteiger partial charge in [-0.15, -0.1) is 0 Å². The zero-order valence-electron chi connectivity index (χ0n) is 14.8. The molecule has 0 saturated carbocycles. The minimum absolute atomic E-state index is 0.0235. The number of aryl methyl sites for hydroxylation is 2. The Bertz CT molecular complexity index is 910. The van der Waals surface area contributed by atoms with Crippen molar-refractivity contribution < 1.29 is 9.21 Å². The van der Waals surface area contributed by atoms with Crippen molar-refractivity contribution in [1.29, 1.82) is 0 Å². The lowest BCUT2D eigenvalue weighted by atomic mass is 10.2. The summed E-state index contributed by atoms with van der Waals surface area (Å²) in [5, 5.41) is 4.19. The van der Waals surface area contributed by atoms with Crippen LogP contribution in [0.4, 0.5) is 5.82 Å². The van der Waals surface area contributed by atoms with Crippen molar-refractivity contribution in [3.8, 4) is 5.82 Å². The molecule has 1 amide bonds. The van der Waals surface area contributed by atoms with Crippen LogP contribution in [-0.2, 0) is 0 Å². The van der Waals surface area contributed by atoms with Crippen LogP contribution in [-0.4, -0.2) is 56.7 Å². The van der Waals surface area contributed by atoms with Crippen molar-refractivity contribution in [3.05, 3.63) is 54.0 Å². The third-order valence-corrected chi connectivity index (χ3v) is 4.51. The lowest BCUT2D eigenvalue weighted by molar-refractivity contribution is 0.0744. The highest BCUT2D eigenvalue weighted by Gasteiger charge is 2.25. The summed E-state index contributed by atoms with van der Waals surface area (Å²) in [4.78, 5) is 25.6. The van der Waals surface area contributed by atoms with Gasteiger partial charge in [-0.05, 0) is 26.0 Å². The van der Waals surface area contributed by atoms with E-state index in [9.17, 15) is 4.79 Å². The van der Waals surface area contributed by atoms with Gasteiger partial charge in [0.15, 0.2) is 5.82 Å². The maximum Gasteiger partial charge on any atom is 0.257 e. The fourth-order valence-electron chi connectivity index (χ4n) is 3.16. The van der Waals surface area contributed by atoms with Gasteiger partial charge in [-0.3, -0.25) is 9.78 Å². The zero-order chi connectivity index (χ0) is 18.1. The van der Waals surface area contributed by atoms with Gasteiger partial charge in [-0.25, -0.2) is 9.67 Å². The summed E-state index contributed by atoms with van der Waals surface area (Å²) in [7, 11) is 0. The monoisotopic (exact) mass is 352 g/mol. The van der Waals surface area contributed by atoms with Gasteiger partial charge in [-0.2, -0.15) is 5.10 Å². The zero-order valence-corrected chi connectivity index (χ0v) is 14.8. The van der Waals surface area contributed by atoms with Crippen LogP contribution >= 0.6 is 0 Å². The molecule has 3 aromatic heterocycles. The number of carbonyl (C=O) groups is 1. The van der Waals surface area contributed by atoms with Crippen LogP contribution in [0.2, 0.25) is 0 Å². The molecule has 0 unspecified atom stereocenters. The first-order valence-corrected chi connectivity index (χ1v) is 8.55. The number of amides is 1. The summed E-state index contributed by atoms with van der Waals surface area (Å²) >= 11 is 0. The molecule has 0 radical (unpaired) electrons. The molecule has 1 saturated heterocycles. The first kappa shape index (κ1) is 16.3. The van der Waals surface area contributed by atoms with E-state index < -0.39 is 0 Å². The highest BCUT2D eigenvalue weighted by atomic mass is 16.3. The molecule has 0 aromatic carbocycles. The second kappa shape index (κ2) is 6.62. The molecule has 4 rings (SSSR count). The van der Waals surface area contributed by atoms with Crippen LogP contribution in [0.25, 0.3) is 5.82 Å². The van der Waals surface area contributed by atoms with Crippen molar-refractivity contribution in [3.63, 3.8) is 0 Å². The van der Waals surface area contributed by atoms with Crippen molar-refractivity contribution in [2.75, 3.05) is 31.1 Å². The van der Waals surface area contributed by atoms with E-state index in [0.717, 1.165) is 11.6 Å². The number of furan rings is 1. The van der Waals surface area contributed by atoms with Crippen LogP contribution in [0.15, 0.2) is 41.3 Å². The molecule has 0 atom stereocenters. The highest BCUT2D eigenvalue weighted by Crippen LogP contribution is 2.19. The average Bonchev–Trinajstić information content (AvgIpc) is 3.31. The lowest BCUT2D eigenvalue weighted by Gasteiger charge is -2.35. The predicted molar refractivity (Wildman–Crippen MR) is 95.5 cm³/mol. The van der Waals surface area contributed by atoms with E-state index in [0.29, 0.717) is 43.3 Å². The van der Waals surface area contributed by atoms with Gasteiger partial charge in [0.25, 0.3) is 5.91 Å². The van der Waals surface area contributed by atoms with Crippen molar-refractivity contribution in [1.82, 2.24) is 24.6 Å². The second-order valence-electron chi connectivity index (χ2n) is 6.29. The SMILES string of the molecule is Cc1cc(C(=O)N2CCN(c3cncc(-n4cccn4)n3)CC2)c(C)o1. The molecule has 0 N–H and O–H groups in total. The highest BCUT2D eigenvalue weighted by molar-refractivity contribution is 5.95. The Kier molecular flexibility index (Phi) is 4.16. The number of nitrogens with zero attached hydrogens (tertiary/aromatic N) is 6. The maximum atomic E-state index is 12.7. The molecule has 0 aliphatic carbocycles. The number of hydrogen-bond acceptors (Lipinski definition) is 6. The summed E-state index contributed by atoms with van der Waals surface area (Å²) in [6, 6.07) is 3.65. The number of rotatable bonds is 3. The van der Waals surface area contributed by atoms with E-state index in [-0.39, 0.29) is 5.91 Å².